The molecule has 28 heavy (non-hydrogen) atoms. The van der Waals surface area contributed by atoms with Gasteiger partial charge in [-0.3, -0.25) is 0 Å². The smallest absolute Gasteiger partial charge is 0.184 e. The third-order valence-electron chi connectivity index (χ3n) is 5.22. The van der Waals surface area contributed by atoms with Crippen LogP contribution in [0, 0.1) is 0 Å². The summed E-state index contributed by atoms with van der Waals surface area (Å²) in [4.78, 5) is 16.9. The standard InChI is InChI=1S/C20H20BrN5OS/c21-12-9-15-19(22-10-12)26-18(23-15)8-11-5-6-14-17(7-11)28-20(25-14)24-13-3-1-2-4-16(13)27/h5-7,9-10,13,16,27H,1-4,8H2,(H,24,25)(H,22,23,26)/t13-,16-/m1/s1. The van der Waals surface area contributed by atoms with Crippen LogP contribution in [0.15, 0.2) is 34.9 Å². The molecule has 1 fully saturated rings. The molecule has 3 N–H and O–H groups in total. The molecule has 1 aromatic carbocycles. The lowest BCUT2D eigenvalue weighted by Gasteiger charge is -2.27. The highest BCUT2D eigenvalue weighted by Gasteiger charge is 2.23. The van der Waals surface area contributed by atoms with E-state index in [2.05, 4.69) is 54.4 Å². The van der Waals surface area contributed by atoms with Crippen LogP contribution in [0.3, 0.4) is 0 Å². The maximum Gasteiger partial charge on any atom is 0.184 e. The van der Waals surface area contributed by atoms with Gasteiger partial charge in [-0.1, -0.05) is 30.2 Å². The highest BCUT2D eigenvalue weighted by atomic mass is 79.9. The second-order valence-corrected chi connectivity index (χ2v) is 9.26. The van der Waals surface area contributed by atoms with Crippen LogP contribution in [-0.2, 0) is 6.42 Å². The monoisotopic (exact) mass is 457 g/mol. The number of hydrogen-bond acceptors (Lipinski definition) is 6. The number of rotatable bonds is 4. The van der Waals surface area contributed by atoms with Crippen molar-refractivity contribution in [2.24, 2.45) is 0 Å². The molecule has 0 bridgehead atoms. The lowest BCUT2D eigenvalue weighted by atomic mass is 9.93. The van der Waals surface area contributed by atoms with Crippen molar-refractivity contribution >= 4 is 53.8 Å². The third-order valence-corrected chi connectivity index (χ3v) is 6.60. The molecule has 8 heteroatoms. The topological polar surface area (TPSA) is 86.7 Å². The van der Waals surface area contributed by atoms with Gasteiger partial charge < -0.3 is 15.4 Å². The van der Waals surface area contributed by atoms with Gasteiger partial charge in [0.25, 0.3) is 0 Å². The number of imidazole rings is 1. The average Bonchev–Trinajstić information content (AvgIpc) is 3.25. The minimum Gasteiger partial charge on any atom is -0.391 e. The second kappa shape index (κ2) is 7.42. The van der Waals surface area contributed by atoms with Crippen LogP contribution in [0.5, 0.6) is 0 Å². The molecule has 6 nitrogen and oxygen atoms in total. The van der Waals surface area contributed by atoms with E-state index in [1.807, 2.05) is 6.07 Å². The van der Waals surface area contributed by atoms with Gasteiger partial charge in [0, 0.05) is 17.1 Å². The molecule has 1 aliphatic carbocycles. The van der Waals surface area contributed by atoms with Crippen molar-refractivity contribution in [2.45, 2.75) is 44.2 Å². The Morgan fingerprint density at radius 3 is 3.00 bits per heavy atom. The number of benzene rings is 1. The minimum absolute atomic E-state index is 0.108. The summed E-state index contributed by atoms with van der Waals surface area (Å²) >= 11 is 5.08. The number of fused-ring (bicyclic) bond motifs is 2. The Morgan fingerprint density at radius 2 is 2.11 bits per heavy atom. The Kier molecular flexibility index (Phi) is 4.78. The maximum absolute atomic E-state index is 10.2. The van der Waals surface area contributed by atoms with E-state index in [4.69, 9.17) is 4.98 Å². The molecule has 2 atom stereocenters. The summed E-state index contributed by atoms with van der Waals surface area (Å²) in [5.41, 5.74) is 3.82. The molecule has 5 rings (SSSR count). The van der Waals surface area contributed by atoms with Crippen LogP contribution in [0.4, 0.5) is 5.13 Å². The molecular weight excluding hydrogens is 438 g/mol. The molecule has 0 unspecified atom stereocenters. The Balaban J connectivity index is 1.36. The van der Waals surface area contributed by atoms with Crippen LogP contribution in [-0.4, -0.2) is 37.2 Å². The van der Waals surface area contributed by atoms with Crippen LogP contribution >= 0.6 is 27.3 Å². The van der Waals surface area contributed by atoms with Crippen LogP contribution in [0.2, 0.25) is 0 Å². The van der Waals surface area contributed by atoms with E-state index < -0.39 is 0 Å². The van der Waals surface area contributed by atoms with E-state index in [0.717, 1.165) is 62.5 Å². The van der Waals surface area contributed by atoms with Crippen molar-refractivity contribution in [3.63, 3.8) is 0 Å². The Hall–Kier alpha value is -2.03. The minimum atomic E-state index is -0.280. The molecule has 1 aliphatic rings. The summed E-state index contributed by atoms with van der Waals surface area (Å²) in [7, 11) is 0. The van der Waals surface area contributed by atoms with Gasteiger partial charge in [-0.05, 0) is 52.5 Å². The second-order valence-electron chi connectivity index (χ2n) is 7.31. The van der Waals surface area contributed by atoms with Crippen LogP contribution < -0.4 is 5.32 Å². The van der Waals surface area contributed by atoms with Crippen molar-refractivity contribution in [1.82, 2.24) is 19.9 Å². The number of aromatic nitrogens is 4. The summed E-state index contributed by atoms with van der Waals surface area (Å²) in [6, 6.07) is 8.42. The fourth-order valence-corrected chi connectivity index (χ4v) is 5.10. The lowest BCUT2D eigenvalue weighted by molar-refractivity contribution is 0.116. The number of aromatic amines is 1. The number of aliphatic hydroxyl groups is 1. The van der Waals surface area contributed by atoms with Crippen molar-refractivity contribution in [3.05, 3.63) is 46.3 Å². The van der Waals surface area contributed by atoms with Crippen molar-refractivity contribution in [2.75, 3.05) is 5.32 Å². The summed E-state index contributed by atoms with van der Waals surface area (Å²) in [5, 5.41) is 14.5. The zero-order valence-corrected chi connectivity index (χ0v) is 17.6. The molecule has 3 heterocycles. The van der Waals surface area contributed by atoms with Gasteiger partial charge in [0.1, 0.15) is 5.82 Å². The van der Waals surface area contributed by atoms with Crippen molar-refractivity contribution < 1.29 is 5.11 Å². The first-order valence-corrected chi connectivity index (χ1v) is 11.1. The van der Waals surface area contributed by atoms with Gasteiger partial charge in [-0.25, -0.2) is 15.0 Å². The maximum atomic E-state index is 10.2. The number of hydrogen-bond donors (Lipinski definition) is 3. The van der Waals surface area contributed by atoms with Crippen LogP contribution in [0.1, 0.15) is 37.1 Å². The fourth-order valence-electron chi connectivity index (χ4n) is 3.78. The quantitative estimate of drug-likeness (QED) is 0.415. The number of pyridine rings is 1. The van der Waals surface area contributed by atoms with Crippen LogP contribution in [0.25, 0.3) is 21.4 Å². The molecule has 0 amide bonds. The highest BCUT2D eigenvalue weighted by molar-refractivity contribution is 9.10. The number of aliphatic hydroxyl groups excluding tert-OH is 1. The first-order chi connectivity index (χ1) is 13.6. The first-order valence-electron chi connectivity index (χ1n) is 9.48. The van der Waals surface area contributed by atoms with E-state index in [-0.39, 0.29) is 12.1 Å². The molecule has 3 aromatic heterocycles. The average molecular weight is 458 g/mol. The highest BCUT2D eigenvalue weighted by Crippen LogP contribution is 2.30. The van der Waals surface area contributed by atoms with E-state index in [0.29, 0.717) is 6.42 Å². The normalized spacial score (nSPS) is 20.1. The number of nitrogens with zero attached hydrogens (tertiary/aromatic N) is 3. The van der Waals surface area contributed by atoms with E-state index in [9.17, 15) is 5.11 Å². The molecule has 1 saturated carbocycles. The Morgan fingerprint density at radius 1 is 1.21 bits per heavy atom. The fraction of sp³-hybridized carbons (Fsp3) is 0.350. The zero-order chi connectivity index (χ0) is 19.1. The Labute approximate surface area is 174 Å². The van der Waals surface area contributed by atoms with Gasteiger partial charge in [0.2, 0.25) is 0 Å². The van der Waals surface area contributed by atoms with Gasteiger partial charge in [0.15, 0.2) is 10.8 Å². The number of nitrogens with one attached hydrogen (secondary N) is 2. The lowest BCUT2D eigenvalue weighted by Crippen LogP contribution is -2.36. The molecule has 144 valence electrons. The number of H-pyrrole nitrogens is 1. The number of anilines is 1. The summed E-state index contributed by atoms with van der Waals surface area (Å²) in [6.07, 6.45) is 6.33. The molecular formula is C20H20BrN5OS. The van der Waals surface area contributed by atoms with Gasteiger partial charge in [-0.15, -0.1) is 0 Å². The number of thiazole rings is 1. The van der Waals surface area contributed by atoms with E-state index >= 15 is 0 Å². The van der Waals surface area contributed by atoms with Crippen molar-refractivity contribution in [3.8, 4) is 0 Å². The Bertz CT molecular complexity index is 1140. The third kappa shape index (κ3) is 3.64. The molecule has 0 radical (unpaired) electrons. The molecule has 4 aromatic rings. The van der Waals surface area contributed by atoms with Gasteiger partial charge >= 0.3 is 0 Å². The summed E-state index contributed by atoms with van der Waals surface area (Å²) in [5.74, 6) is 0.896. The SMILES string of the molecule is O[C@@H]1CCCC[C@H]1Nc1nc2ccc(Cc3nc4ncc(Br)cc4[nH]3)cc2s1. The van der Waals surface area contributed by atoms with Gasteiger partial charge in [0.05, 0.1) is 27.9 Å². The molecule has 0 saturated heterocycles. The summed E-state index contributed by atoms with van der Waals surface area (Å²) < 4.78 is 2.08. The summed E-state index contributed by atoms with van der Waals surface area (Å²) in [6.45, 7) is 0. The van der Waals surface area contributed by atoms with Gasteiger partial charge in [-0.2, -0.15) is 0 Å². The zero-order valence-electron chi connectivity index (χ0n) is 15.2. The van der Waals surface area contributed by atoms with Crippen molar-refractivity contribution in [1.29, 1.82) is 0 Å². The van der Waals surface area contributed by atoms with E-state index in [1.165, 1.54) is 5.56 Å². The predicted molar refractivity (Wildman–Crippen MR) is 116 cm³/mol. The molecule has 0 aliphatic heterocycles. The van der Waals surface area contributed by atoms with E-state index in [1.54, 1.807) is 17.5 Å². The predicted octanol–water partition coefficient (Wildman–Crippen LogP) is 4.64. The largest absolute Gasteiger partial charge is 0.391 e. The number of halogens is 1. The molecule has 0 spiro atoms. The first kappa shape index (κ1) is 18.0.